The van der Waals surface area contributed by atoms with E-state index < -0.39 is 15.6 Å². The van der Waals surface area contributed by atoms with E-state index in [0.717, 1.165) is 40.7 Å². The summed E-state index contributed by atoms with van der Waals surface area (Å²) in [6.07, 6.45) is 8.02. The topological polar surface area (TPSA) is 108 Å². The molecule has 0 atom stereocenters. The Balaban J connectivity index is 1.54. The molecule has 0 amide bonds. The van der Waals surface area contributed by atoms with Crippen LogP contribution in [0.15, 0.2) is 24.7 Å². The zero-order valence-electron chi connectivity index (χ0n) is 16.0. The summed E-state index contributed by atoms with van der Waals surface area (Å²) < 4.78 is 28.1. The number of H-pyrrole nitrogens is 1. The number of nitriles is 1. The lowest BCUT2D eigenvalue weighted by molar-refractivity contribution is 0.0677. The molecule has 3 aromatic rings. The van der Waals surface area contributed by atoms with E-state index in [1.54, 1.807) is 13.1 Å². The predicted octanol–water partition coefficient (Wildman–Crippen LogP) is 2.09. The number of sulfonamides is 1. The normalized spacial score (nSPS) is 21.0. The fraction of sp³-hybridized carbons (Fsp3) is 0.450. The fourth-order valence-electron chi connectivity index (χ4n) is 5.24. The van der Waals surface area contributed by atoms with Gasteiger partial charge in [-0.05, 0) is 37.0 Å². The van der Waals surface area contributed by atoms with Gasteiger partial charge in [0.15, 0.2) is 0 Å². The van der Waals surface area contributed by atoms with E-state index in [-0.39, 0.29) is 17.6 Å². The van der Waals surface area contributed by atoms with Crippen molar-refractivity contribution in [1.82, 2.24) is 24.1 Å². The summed E-state index contributed by atoms with van der Waals surface area (Å²) in [5.74, 6) is 0.0679. The molecule has 0 bridgehead atoms. The largest absolute Gasteiger partial charge is 0.346 e. The SMILES string of the molecule is CCS(=O)(=O)N1CC(CC#N)(n2ncc3c2C2(CC2)c2c[nH]c4nccc-3c24)C1. The lowest BCUT2D eigenvalue weighted by Crippen LogP contribution is -2.65. The first-order valence-electron chi connectivity index (χ1n) is 9.86. The highest BCUT2D eigenvalue weighted by Crippen LogP contribution is 2.62. The number of hydrogen-bond donors (Lipinski definition) is 1. The van der Waals surface area contributed by atoms with Gasteiger partial charge in [-0.3, -0.25) is 4.68 Å². The predicted molar refractivity (Wildman–Crippen MR) is 107 cm³/mol. The number of hydrogen-bond acceptors (Lipinski definition) is 5. The van der Waals surface area contributed by atoms with Crippen molar-refractivity contribution in [2.24, 2.45) is 0 Å². The van der Waals surface area contributed by atoms with Crippen LogP contribution in [-0.2, 0) is 21.0 Å². The van der Waals surface area contributed by atoms with Crippen molar-refractivity contribution in [2.45, 2.75) is 37.1 Å². The first kappa shape index (κ1) is 17.2. The van der Waals surface area contributed by atoms with Crippen LogP contribution in [-0.4, -0.2) is 51.3 Å². The molecule has 148 valence electrons. The second kappa shape index (κ2) is 5.26. The van der Waals surface area contributed by atoms with Crippen molar-refractivity contribution in [1.29, 1.82) is 5.26 Å². The monoisotopic (exact) mass is 408 g/mol. The van der Waals surface area contributed by atoms with Crippen LogP contribution in [0, 0.1) is 11.3 Å². The van der Waals surface area contributed by atoms with Crippen LogP contribution >= 0.6 is 0 Å². The van der Waals surface area contributed by atoms with Gasteiger partial charge >= 0.3 is 0 Å². The van der Waals surface area contributed by atoms with Crippen molar-refractivity contribution in [3.63, 3.8) is 0 Å². The summed E-state index contributed by atoms with van der Waals surface area (Å²) >= 11 is 0. The molecule has 8 nitrogen and oxygen atoms in total. The smallest absolute Gasteiger partial charge is 0.213 e. The van der Waals surface area contributed by atoms with Gasteiger partial charge in [-0.25, -0.2) is 13.4 Å². The van der Waals surface area contributed by atoms with Crippen LogP contribution in [0.5, 0.6) is 0 Å². The molecule has 2 aliphatic carbocycles. The summed E-state index contributed by atoms with van der Waals surface area (Å²) in [5.41, 5.74) is 4.71. The molecule has 3 aromatic heterocycles. The highest BCUT2D eigenvalue weighted by Gasteiger charge is 2.58. The highest BCUT2D eigenvalue weighted by molar-refractivity contribution is 7.89. The van der Waals surface area contributed by atoms with Crippen molar-refractivity contribution in [2.75, 3.05) is 18.8 Å². The van der Waals surface area contributed by atoms with Crippen LogP contribution < -0.4 is 0 Å². The minimum absolute atomic E-state index is 0.0679. The number of aromatic amines is 1. The van der Waals surface area contributed by atoms with E-state index in [2.05, 4.69) is 22.2 Å². The molecule has 9 heteroatoms. The molecular formula is C20H20N6O2S. The van der Waals surface area contributed by atoms with Crippen molar-refractivity contribution < 1.29 is 8.42 Å². The van der Waals surface area contributed by atoms with E-state index in [1.165, 1.54) is 9.87 Å². The first-order valence-corrected chi connectivity index (χ1v) is 11.5. The van der Waals surface area contributed by atoms with Crippen LogP contribution in [0.2, 0.25) is 0 Å². The molecule has 2 fully saturated rings. The van der Waals surface area contributed by atoms with Gasteiger partial charge in [0, 0.05) is 41.8 Å². The number of nitrogens with one attached hydrogen (secondary N) is 1. The summed E-state index contributed by atoms with van der Waals surface area (Å²) in [5, 5.41) is 15.5. The maximum atomic E-state index is 12.3. The maximum absolute atomic E-state index is 12.3. The number of aromatic nitrogens is 4. The van der Waals surface area contributed by atoms with E-state index in [0.29, 0.717) is 13.1 Å². The van der Waals surface area contributed by atoms with Gasteiger partial charge in [-0.1, -0.05) is 0 Å². The Morgan fingerprint density at radius 2 is 2.10 bits per heavy atom. The van der Waals surface area contributed by atoms with Crippen LogP contribution in [0.4, 0.5) is 0 Å². The van der Waals surface area contributed by atoms with Gasteiger partial charge in [0.25, 0.3) is 0 Å². The molecule has 4 heterocycles. The molecule has 1 aliphatic heterocycles. The second-order valence-electron chi connectivity index (χ2n) is 8.41. The number of nitrogens with zero attached hydrogens (tertiary/aromatic N) is 5. The van der Waals surface area contributed by atoms with Gasteiger partial charge in [0.05, 0.1) is 30.1 Å². The Labute approximate surface area is 168 Å². The van der Waals surface area contributed by atoms with E-state index in [4.69, 9.17) is 5.10 Å². The minimum Gasteiger partial charge on any atom is -0.346 e. The Bertz CT molecular complexity index is 1320. The Kier molecular flexibility index (Phi) is 3.12. The maximum Gasteiger partial charge on any atom is 0.213 e. The van der Waals surface area contributed by atoms with Crippen LogP contribution in [0.1, 0.15) is 37.4 Å². The minimum atomic E-state index is -3.28. The highest BCUT2D eigenvalue weighted by atomic mass is 32.2. The Morgan fingerprint density at radius 3 is 2.79 bits per heavy atom. The van der Waals surface area contributed by atoms with Crippen molar-refractivity contribution in [3.8, 4) is 17.2 Å². The quantitative estimate of drug-likeness (QED) is 0.711. The molecule has 1 N–H and O–H groups in total. The van der Waals surface area contributed by atoms with Gasteiger partial charge in [-0.15, -0.1) is 0 Å². The van der Waals surface area contributed by atoms with Crippen LogP contribution in [0.3, 0.4) is 0 Å². The lowest BCUT2D eigenvalue weighted by atomic mass is 9.79. The molecule has 0 unspecified atom stereocenters. The zero-order valence-corrected chi connectivity index (χ0v) is 16.8. The Hall–Kier alpha value is -2.70. The van der Waals surface area contributed by atoms with E-state index in [9.17, 15) is 13.7 Å². The summed E-state index contributed by atoms with van der Waals surface area (Å²) in [7, 11) is -3.28. The standard InChI is InChI=1S/C20H20N6O2S/c1-2-29(27,28)25-11-19(12-25,6-7-21)26-17-14(9-24-26)13-3-8-22-18-16(13)15(10-23-18)20(17)4-5-20/h3,8-10H,2,4-6,11-12H2,1H3,(H,22,23). The van der Waals surface area contributed by atoms with E-state index >= 15 is 0 Å². The molecule has 1 spiro atoms. The zero-order chi connectivity index (χ0) is 20.0. The van der Waals surface area contributed by atoms with Crippen molar-refractivity contribution in [3.05, 3.63) is 35.9 Å². The van der Waals surface area contributed by atoms with Crippen molar-refractivity contribution >= 4 is 21.1 Å². The van der Waals surface area contributed by atoms with Gasteiger partial charge in [0.2, 0.25) is 10.0 Å². The average Bonchev–Trinajstić information content (AvgIpc) is 3.14. The van der Waals surface area contributed by atoms with Gasteiger partial charge in [0.1, 0.15) is 11.2 Å². The number of fused-ring (bicyclic) bond motifs is 4. The summed E-state index contributed by atoms with van der Waals surface area (Å²) in [6, 6.07) is 4.30. The van der Waals surface area contributed by atoms with Gasteiger partial charge in [-0.2, -0.15) is 14.7 Å². The number of rotatable bonds is 4. The molecular weight excluding hydrogens is 388 g/mol. The van der Waals surface area contributed by atoms with E-state index in [1.807, 2.05) is 16.9 Å². The third-order valence-electron chi connectivity index (χ3n) is 6.91. The van der Waals surface area contributed by atoms with Crippen LogP contribution in [0.25, 0.3) is 22.2 Å². The molecule has 1 saturated heterocycles. The number of pyridine rings is 1. The fourth-order valence-corrected chi connectivity index (χ4v) is 6.48. The molecule has 1 saturated carbocycles. The summed E-state index contributed by atoms with van der Waals surface area (Å²) in [6.45, 7) is 2.25. The molecule has 0 aromatic carbocycles. The lowest BCUT2D eigenvalue weighted by Gasteiger charge is -2.49. The molecule has 0 radical (unpaired) electrons. The summed E-state index contributed by atoms with van der Waals surface area (Å²) in [4.78, 5) is 7.78. The second-order valence-corrected chi connectivity index (χ2v) is 10.7. The third kappa shape index (κ3) is 1.98. The first-order chi connectivity index (χ1) is 14.0. The third-order valence-corrected chi connectivity index (χ3v) is 8.68. The molecule has 3 aliphatic rings. The Morgan fingerprint density at radius 1 is 1.31 bits per heavy atom. The molecule has 6 rings (SSSR count). The van der Waals surface area contributed by atoms with Gasteiger partial charge < -0.3 is 4.98 Å². The molecule has 29 heavy (non-hydrogen) atoms. The average molecular weight is 408 g/mol.